The highest BCUT2D eigenvalue weighted by molar-refractivity contribution is 5.81. The first-order chi connectivity index (χ1) is 14.1. The highest BCUT2D eigenvalue weighted by Gasteiger charge is 2.46. The molecule has 156 valence electrons. The predicted molar refractivity (Wildman–Crippen MR) is 112 cm³/mol. The number of nitrogens with one attached hydrogen (secondary N) is 1. The third-order valence-electron chi connectivity index (χ3n) is 7.48. The van der Waals surface area contributed by atoms with Crippen molar-refractivity contribution in [2.45, 2.75) is 62.9 Å². The second-order valence-corrected chi connectivity index (χ2v) is 9.60. The normalized spacial score (nSPS) is 27.4. The van der Waals surface area contributed by atoms with Gasteiger partial charge in [-0.15, -0.1) is 0 Å². The third-order valence-corrected chi connectivity index (χ3v) is 7.48. The van der Waals surface area contributed by atoms with E-state index in [1.54, 1.807) is 0 Å². The molecule has 2 saturated carbocycles. The minimum Gasteiger partial charge on any atom is -0.346 e. The molecule has 5 rings (SSSR count). The van der Waals surface area contributed by atoms with E-state index in [1.807, 2.05) is 6.07 Å². The Morgan fingerprint density at radius 1 is 0.897 bits per heavy atom. The van der Waals surface area contributed by atoms with Crippen LogP contribution in [0.5, 0.6) is 0 Å². The number of carbonyl (C=O) groups is 2. The van der Waals surface area contributed by atoms with Crippen molar-refractivity contribution >= 4 is 11.8 Å². The minimum atomic E-state index is -0.116. The molecule has 2 aliphatic carbocycles. The average molecular weight is 396 g/mol. The van der Waals surface area contributed by atoms with Crippen molar-refractivity contribution in [2.24, 2.45) is 11.8 Å². The van der Waals surface area contributed by atoms with E-state index >= 15 is 0 Å². The van der Waals surface area contributed by atoms with Crippen molar-refractivity contribution < 1.29 is 9.59 Å². The lowest BCUT2D eigenvalue weighted by Crippen LogP contribution is -2.52. The van der Waals surface area contributed by atoms with Gasteiger partial charge in [0.1, 0.15) is 0 Å². The first-order valence-electron chi connectivity index (χ1n) is 11.5. The molecule has 1 atom stereocenters. The van der Waals surface area contributed by atoms with Crippen LogP contribution in [0.15, 0.2) is 30.3 Å². The Bertz CT molecular complexity index is 749. The SMILES string of the molecule is O=C(NC1(c2ccccc2)CC1)[C@@H]1CCCN(C2CCN(C(=O)C3CC3)CC2)C1. The van der Waals surface area contributed by atoms with Gasteiger partial charge in [-0.3, -0.25) is 14.5 Å². The van der Waals surface area contributed by atoms with E-state index in [0.717, 1.165) is 77.5 Å². The third kappa shape index (κ3) is 4.07. The van der Waals surface area contributed by atoms with Crippen LogP contribution in [0.2, 0.25) is 0 Å². The summed E-state index contributed by atoms with van der Waals surface area (Å²) in [5.74, 6) is 1.04. The Morgan fingerprint density at radius 3 is 2.28 bits per heavy atom. The van der Waals surface area contributed by atoms with E-state index in [4.69, 9.17) is 0 Å². The molecular formula is C24H33N3O2. The van der Waals surface area contributed by atoms with Gasteiger partial charge in [0, 0.05) is 31.6 Å². The Kier molecular flexibility index (Phi) is 5.10. The van der Waals surface area contributed by atoms with E-state index in [9.17, 15) is 9.59 Å². The molecule has 5 heteroatoms. The number of likely N-dealkylation sites (tertiary alicyclic amines) is 2. The lowest BCUT2D eigenvalue weighted by Gasteiger charge is -2.42. The molecule has 0 spiro atoms. The number of amides is 2. The molecule has 1 aromatic rings. The van der Waals surface area contributed by atoms with Crippen LogP contribution < -0.4 is 5.32 Å². The number of rotatable bonds is 5. The van der Waals surface area contributed by atoms with E-state index in [2.05, 4.69) is 39.4 Å². The largest absolute Gasteiger partial charge is 0.346 e. The fourth-order valence-electron chi connectivity index (χ4n) is 5.30. The molecule has 5 nitrogen and oxygen atoms in total. The summed E-state index contributed by atoms with van der Waals surface area (Å²) in [6, 6.07) is 10.9. The Labute approximate surface area is 173 Å². The van der Waals surface area contributed by atoms with Crippen LogP contribution in [0.4, 0.5) is 0 Å². The monoisotopic (exact) mass is 395 g/mol. The second-order valence-electron chi connectivity index (χ2n) is 9.60. The Morgan fingerprint density at radius 2 is 1.62 bits per heavy atom. The van der Waals surface area contributed by atoms with Crippen molar-refractivity contribution in [1.82, 2.24) is 15.1 Å². The van der Waals surface area contributed by atoms with Gasteiger partial charge >= 0.3 is 0 Å². The Balaban J connectivity index is 1.15. The summed E-state index contributed by atoms with van der Waals surface area (Å²) in [7, 11) is 0. The van der Waals surface area contributed by atoms with Gasteiger partial charge in [-0.05, 0) is 63.5 Å². The maximum atomic E-state index is 13.1. The first kappa shape index (κ1) is 19.1. The van der Waals surface area contributed by atoms with Crippen LogP contribution in [0, 0.1) is 11.8 Å². The quantitative estimate of drug-likeness (QED) is 0.834. The lowest BCUT2D eigenvalue weighted by atomic mass is 9.92. The summed E-state index contributed by atoms with van der Waals surface area (Å²) in [6.45, 7) is 3.75. The van der Waals surface area contributed by atoms with Crippen molar-refractivity contribution in [1.29, 1.82) is 0 Å². The zero-order chi connectivity index (χ0) is 19.8. The zero-order valence-corrected chi connectivity index (χ0v) is 17.3. The fraction of sp³-hybridized carbons (Fsp3) is 0.667. The average Bonchev–Trinajstić information content (AvgIpc) is 3.69. The van der Waals surface area contributed by atoms with Crippen LogP contribution in [-0.4, -0.2) is 53.8 Å². The number of piperidine rings is 2. The minimum absolute atomic E-state index is 0.0936. The molecule has 2 amide bonds. The van der Waals surface area contributed by atoms with Crippen LogP contribution in [0.25, 0.3) is 0 Å². The van der Waals surface area contributed by atoms with E-state index in [1.165, 1.54) is 5.56 Å². The van der Waals surface area contributed by atoms with Crippen LogP contribution in [0.3, 0.4) is 0 Å². The molecule has 1 N–H and O–H groups in total. The van der Waals surface area contributed by atoms with Crippen molar-refractivity contribution in [3.8, 4) is 0 Å². The topological polar surface area (TPSA) is 52.7 Å². The highest BCUT2D eigenvalue weighted by Crippen LogP contribution is 2.45. The van der Waals surface area contributed by atoms with Gasteiger partial charge in [-0.25, -0.2) is 0 Å². The lowest BCUT2D eigenvalue weighted by molar-refractivity contribution is -0.134. The molecule has 1 aromatic carbocycles. The summed E-state index contributed by atoms with van der Waals surface area (Å²) in [5, 5.41) is 3.40. The van der Waals surface area contributed by atoms with Crippen molar-refractivity contribution in [3.05, 3.63) is 35.9 Å². The van der Waals surface area contributed by atoms with E-state index in [-0.39, 0.29) is 17.4 Å². The molecule has 4 aliphatic rings. The molecule has 4 fully saturated rings. The molecule has 0 aromatic heterocycles. The van der Waals surface area contributed by atoms with Crippen LogP contribution in [-0.2, 0) is 15.1 Å². The number of benzene rings is 1. The van der Waals surface area contributed by atoms with E-state index < -0.39 is 0 Å². The van der Waals surface area contributed by atoms with Gasteiger partial charge in [0.05, 0.1) is 11.5 Å². The van der Waals surface area contributed by atoms with Gasteiger partial charge in [0.15, 0.2) is 0 Å². The molecule has 0 bridgehead atoms. The van der Waals surface area contributed by atoms with Gasteiger partial charge in [0.2, 0.25) is 11.8 Å². The fourth-order valence-corrected chi connectivity index (χ4v) is 5.30. The van der Waals surface area contributed by atoms with Gasteiger partial charge < -0.3 is 10.2 Å². The molecule has 2 saturated heterocycles. The summed E-state index contributed by atoms with van der Waals surface area (Å²) < 4.78 is 0. The first-order valence-corrected chi connectivity index (χ1v) is 11.5. The van der Waals surface area contributed by atoms with Gasteiger partial charge in [-0.2, -0.15) is 0 Å². The van der Waals surface area contributed by atoms with Crippen LogP contribution in [0.1, 0.15) is 56.9 Å². The summed E-state index contributed by atoms with van der Waals surface area (Å²) >= 11 is 0. The molecule has 0 radical (unpaired) electrons. The van der Waals surface area contributed by atoms with E-state index in [0.29, 0.717) is 17.9 Å². The maximum absolute atomic E-state index is 13.1. The highest BCUT2D eigenvalue weighted by atomic mass is 16.2. The molecule has 2 heterocycles. The van der Waals surface area contributed by atoms with Crippen molar-refractivity contribution in [2.75, 3.05) is 26.2 Å². The molecular weight excluding hydrogens is 362 g/mol. The Hall–Kier alpha value is -1.88. The molecule has 0 unspecified atom stereocenters. The van der Waals surface area contributed by atoms with Crippen molar-refractivity contribution in [3.63, 3.8) is 0 Å². The molecule has 29 heavy (non-hydrogen) atoms. The zero-order valence-electron chi connectivity index (χ0n) is 17.3. The predicted octanol–water partition coefficient (Wildman–Crippen LogP) is 2.90. The summed E-state index contributed by atoms with van der Waals surface area (Å²) in [5.41, 5.74) is 1.13. The van der Waals surface area contributed by atoms with Gasteiger partial charge in [-0.1, -0.05) is 30.3 Å². The number of hydrogen-bond acceptors (Lipinski definition) is 3. The summed E-state index contributed by atoms with van der Waals surface area (Å²) in [6.07, 6.45) is 8.48. The smallest absolute Gasteiger partial charge is 0.225 e. The molecule has 2 aliphatic heterocycles. The summed E-state index contributed by atoms with van der Waals surface area (Å²) in [4.78, 5) is 30.0. The number of hydrogen-bond donors (Lipinski definition) is 1. The maximum Gasteiger partial charge on any atom is 0.225 e. The standard InChI is InChI=1S/C24H33N3O2/c28-22(25-24(12-13-24)20-6-2-1-3-7-20)19-5-4-14-27(17-19)21-10-15-26(16-11-21)23(29)18-8-9-18/h1-3,6-7,18-19,21H,4-5,8-17H2,(H,25,28)/t19-/m1/s1. The second kappa shape index (κ2) is 7.75. The number of nitrogens with zero attached hydrogens (tertiary/aromatic N) is 2. The van der Waals surface area contributed by atoms with Gasteiger partial charge in [0.25, 0.3) is 0 Å². The van der Waals surface area contributed by atoms with Crippen LogP contribution >= 0.6 is 0 Å². The number of carbonyl (C=O) groups excluding carboxylic acids is 2.